The minimum atomic E-state index is 0.520. The fourth-order valence-corrected chi connectivity index (χ4v) is 2.74. The van der Waals surface area contributed by atoms with Crippen LogP contribution in [0.4, 0.5) is 0 Å². The summed E-state index contributed by atoms with van der Waals surface area (Å²) in [6.07, 6.45) is 9.82. The summed E-state index contributed by atoms with van der Waals surface area (Å²) in [6.45, 7) is 6.84. The molecular weight excluding hydrogens is 222 g/mol. The zero-order valence-corrected chi connectivity index (χ0v) is 12.3. The molecule has 2 unspecified atom stereocenters. The van der Waals surface area contributed by atoms with Gasteiger partial charge in [-0.3, -0.25) is 0 Å². The number of hydrogen-bond donors (Lipinski definition) is 1. The van der Waals surface area contributed by atoms with E-state index in [2.05, 4.69) is 42.1 Å². The Kier molecular flexibility index (Phi) is 7.34. The van der Waals surface area contributed by atoms with Gasteiger partial charge in [-0.2, -0.15) is 0 Å². The Morgan fingerprint density at radius 3 is 2.83 bits per heavy atom. The third-order valence-corrected chi connectivity index (χ3v) is 3.84. The molecule has 104 valence electrons. The average molecular weight is 251 g/mol. The second-order valence-electron chi connectivity index (χ2n) is 5.47. The summed E-state index contributed by atoms with van der Waals surface area (Å²) < 4.78 is 0. The van der Waals surface area contributed by atoms with E-state index in [1.807, 2.05) is 0 Å². The van der Waals surface area contributed by atoms with Gasteiger partial charge in [-0.15, -0.1) is 12.3 Å². The van der Waals surface area contributed by atoms with E-state index in [0.717, 1.165) is 25.9 Å². The van der Waals surface area contributed by atoms with Gasteiger partial charge < -0.3 is 15.1 Å². The highest BCUT2D eigenvalue weighted by molar-refractivity contribution is 4.92. The van der Waals surface area contributed by atoms with Crippen LogP contribution in [0.5, 0.6) is 0 Å². The molecule has 0 radical (unpaired) electrons. The fourth-order valence-electron chi connectivity index (χ4n) is 2.74. The van der Waals surface area contributed by atoms with E-state index in [0.29, 0.717) is 12.1 Å². The van der Waals surface area contributed by atoms with E-state index in [1.165, 1.54) is 25.9 Å². The van der Waals surface area contributed by atoms with E-state index in [4.69, 9.17) is 6.42 Å². The number of likely N-dealkylation sites (N-methyl/N-ethyl adjacent to an activating group) is 2. The van der Waals surface area contributed by atoms with E-state index < -0.39 is 0 Å². The lowest BCUT2D eigenvalue weighted by Gasteiger charge is -2.35. The average Bonchev–Trinajstić information content (AvgIpc) is 2.52. The van der Waals surface area contributed by atoms with Gasteiger partial charge in [0.15, 0.2) is 0 Å². The van der Waals surface area contributed by atoms with Crippen LogP contribution in [0.15, 0.2) is 0 Å². The van der Waals surface area contributed by atoms with Gasteiger partial charge in [-0.05, 0) is 53.0 Å². The number of terminal acetylenes is 1. The standard InChI is InChI=1S/C15H29N3/c1-5-7-9-14(16-10-6-2)15-13-17(3)11-8-12-18(15)4/h1,14-16H,6-13H2,2-4H3. The Hall–Kier alpha value is -0.560. The van der Waals surface area contributed by atoms with Crippen molar-refractivity contribution >= 4 is 0 Å². The summed E-state index contributed by atoms with van der Waals surface area (Å²) in [5.74, 6) is 2.78. The Labute approximate surface area is 113 Å². The molecule has 0 aromatic heterocycles. The van der Waals surface area contributed by atoms with Crippen molar-refractivity contribution in [1.82, 2.24) is 15.1 Å². The van der Waals surface area contributed by atoms with Crippen LogP contribution in [0.1, 0.15) is 32.6 Å². The molecular formula is C15H29N3. The molecule has 0 bridgehead atoms. The normalized spacial score (nSPS) is 24.4. The van der Waals surface area contributed by atoms with Crippen molar-refractivity contribution in [3.63, 3.8) is 0 Å². The lowest BCUT2D eigenvalue weighted by molar-refractivity contribution is 0.173. The van der Waals surface area contributed by atoms with Crippen LogP contribution < -0.4 is 5.32 Å². The first-order valence-electron chi connectivity index (χ1n) is 7.24. The highest BCUT2D eigenvalue weighted by Crippen LogP contribution is 2.14. The third kappa shape index (κ3) is 4.97. The molecule has 0 aromatic rings. The van der Waals surface area contributed by atoms with Crippen molar-refractivity contribution < 1.29 is 0 Å². The lowest BCUT2D eigenvalue weighted by atomic mass is 10.0. The predicted molar refractivity (Wildman–Crippen MR) is 78.7 cm³/mol. The van der Waals surface area contributed by atoms with Gasteiger partial charge in [0.25, 0.3) is 0 Å². The quantitative estimate of drug-likeness (QED) is 0.720. The first-order valence-corrected chi connectivity index (χ1v) is 7.24. The summed E-state index contributed by atoms with van der Waals surface area (Å²) in [6, 6.07) is 1.10. The molecule has 1 N–H and O–H groups in total. The zero-order chi connectivity index (χ0) is 13.4. The molecule has 0 aromatic carbocycles. The molecule has 0 saturated carbocycles. The first-order chi connectivity index (χ1) is 8.69. The van der Waals surface area contributed by atoms with Crippen LogP contribution in [0.2, 0.25) is 0 Å². The van der Waals surface area contributed by atoms with Gasteiger partial charge in [0.05, 0.1) is 0 Å². The monoisotopic (exact) mass is 251 g/mol. The first kappa shape index (κ1) is 15.5. The summed E-state index contributed by atoms with van der Waals surface area (Å²) in [5.41, 5.74) is 0. The van der Waals surface area contributed by atoms with Crippen molar-refractivity contribution in [2.24, 2.45) is 0 Å². The maximum atomic E-state index is 5.43. The van der Waals surface area contributed by atoms with E-state index in [1.54, 1.807) is 0 Å². The molecule has 1 rings (SSSR count). The minimum Gasteiger partial charge on any atom is -0.312 e. The smallest absolute Gasteiger partial charge is 0.0373 e. The molecule has 1 saturated heterocycles. The molecule has 1 aliphatic rings. The molecule has 2 atom stereocenters. The number of nitrogens with zero attached hydrogens (tertiary/aromatic N) is 2. The van der Waals surface area contributed by atoms with Gasteiger partial charge in [-0.1, -0.05) is 6.92 Å². The van der Waals surface area contributed by atoms with Crippen LogP contribution in [-0.2, 0) is 0 Å². The van der Waals surface area contributed by atoms with Crippen molar-refractivity contribution in [3.8, 4) is 12.3 Å². The molecule has 1 aliphatic heterocycles. The highest BCUT2D eigenvalue weighted by atomic mass is 15.2. The topological polar surface area (TPSA) is 18.5 Å². The van der Waals surface area contributed by atoms with Gasteiger partial charge in [-0.25, -0.2) is 0 Å². The van der Waals surface area contributed by atoms with Crippen LogP contribution in [0, 0.1) is 12.3 Å². The third-order valence-electron chi connectivity index (χ3n) is 3.84. The maximum absolute atomic E-state index is 5.43. The Bertz CT molecular complexity index is 259. The van der Waals surface area contributed by atoms with E-state index >= 15 is 0 Å². The second kappa shape index (κ2) is 8.53. The van der Waals surface area contributed by atoms with E-state index in [-0.39, 0.29) is 0 Å². The Balaban J connectivity index is 2.63. The summed E-state index contributed by atoms with van der Waals surface area (Å²) in [5, 5.41) is 3.69. The van der Waals surface area contributed by atoms with Crippen LogP contribution >= 0.6 is 0 Å². The minimum absolute atomic E-state index is 0.520. The van der Waals surface area contributed by atoms with Crippen molar-refractivity contribution in [3.05, 3.63) is 0 Å². The van der Waals surface area contributed by atoms with Gasteiger partial charge >= 0.3 is 0 Å². The maximum Gasteiger partial charge on any atom is 0.0373 e. The molecule has 1 fully saturated rings. The molecule has 0 spiro atoms. The highest BCUT2D eigenvalue weighted by Gasteiger charge is 2.27. The fraction of sp³-hybridized carbons (Fsp3) is 0.867. The molecule has 18 heavy (non-hydrogen) atoms. The van der Waals surface area contributed by atoms with Crippen molar-refractivity contribution in [2.75, 3.05) is 40.3 Å². The SMILES string of the molecule is C#CCCC(NCCC)C1CN(C)CCCN1C. The molecule has 1 heterocycles. The summed E-state index contributed by atoms with van der Waals surface area (Å²) >= 11 is 0. The van der Waals surface area contributed by atoms with Crippen molar-refractivity contribution in [1.29, 1.82) is 0 Å². The lowest BCUT2D eigenvalue weighted by Crippen LogP contribution is -2.52. The van der Waals surface area contributed by atoms with E-state index in [9.17, 15) is 0 Å². The summed E-state index contributed by atoms with van der Waals surface area (Å²) in [7, 11) is 4.48. The second-order valence-corrected chi connectivity index (χ2v) is 5.47. The number of rotatable bonds is 6. The van der Waals surface area contributed by atoms with Crippen LogP contribution in [-0.4, -0.2) is 62.2 Å². The van der Waals surface area contributed by atoms with Gasteiger partial charge in [0.1, 0.15) is 0 Å². The Morgan fingerprint density at radius 2 is 2.17 bits per heavy atom. The zero-order valence-electron chi connectivity index (χ0n) is 12.3. The molecule has 3 heteroatoms. The van der Waals surface area contributed by atoms with Crippen molar-refractivity contribution in [2.45, 2.75) is 44.7 Å². The van der Waals surface area contributed by atoms with Crippen LogP contribution in [0.3, 0.4) is 0 Å². The van der Waals surface area contributed by atoms with Gasteiger partial charge in [0.2, 0.25) is 0 Å². The number of nitrogens with one attached hydrogen (secondary N) is 1. The molecule has 0 amide bonds. The predicted octanol–water partition coefficient (Wildman–Crippen LogP) is 1.40. The van der Waals surface area contributed by atoms with Crippen LogP contribution in [0.25, 0.3) is 0 Å². The molecule has 0 aliphatic carbocycles. The summed E-state index contributed by atoms with van der Waals surface area (Å²) in [4.78, 5) is 4.96. The Morgan fingerprint density at radius 1 is 1.39 bits per heavy atom. The molecule has 3 nitrogen and oxygen atoms in total. The van der Waals surface area contributed by atoms with Gasteiger partial charge in [0, 0.05) is 25.0 Å². The largest absolute Gasteiger partial charge is 0.312 e. The number of hydrogen-bond acceptors (Lipinski definition) is 3.